The summed E-state index contributed by atoms with van der Waals surface area (Å²) in [6.07, 6.45) is -3.05. The highest BCUT2D eigenvalue weighted by Gasteiger charge is 2.56. The van der Waals surface area contributed by atoms with E-state index in [4.69, 9.17) is 18.6 Å². The predicted molar refractivity (Wildman–Crippen MR) is 168 cm³/mol. The fourth-order valence-corrected chi connectivity index (χ4v) is 10.4. The second kappa shape index (κ2) is 13.8. The third kappa shape index (κ3) is 7.32. The van der Waals surface area contributed by atoms with Crippen LogP contribution in [0.4, 0.5) is 0 Å². The molecule has 7 nitrogen and oxygen atoms in total. The Balaban J connectivity index is 1.77. The van der Waals surface area contributed by atoms with E-state index in [9.17, 15) is 14.4 Å². The number of Topliss-reactive ketones (excluding diaryl/α,β-unsaturated/α-hetero) is 1. The van der Waals surface area contributed by atoms with E-state index in [0.717, 1.165) is 10.4 Å². The summed E-state index contributed by atoms with van der Waals surface area (Å²) >= 11 is 0. The van der Waals surface area contributed by atoms with Gasteiger partial charge in [0.2, 0.25) is 0 Å². The Morgan fingerprint density at radius 2 is 1.26 bits per heavy atom. The number of carbonyl (C=O) groups excluding carboxylic acids is 3. The molecule has 0 bridgehead atoms. The third-order valence-corrected chi connectivity index (χ3v) is 13.0. The fourth-order valence-electron chi connectivity index (χ4n) is 5.81. The standard InChI is InChI=1S/C35H42O7Si/c1-24(36)22-23-30(37)40-31-25(2)32(41-33(38)27-16-10-7-11-17-27)34(39-26(31)3)42-43(35(4,5)6,28-18-12-8-13-19-28)29-20-14-9-15-21-29/h7-21,25-26,31-32,34H,22-23H2,1-6H3/t25-,26?,31+,32?,34-/m0/s1. The molecule has 1 saturated heterocycles. The Morgan fingerprint density at radius 1 is 0.744 bits per heavy atom. The first kappa shape index (κ1) is 32.3. The van der Waals surface area contributed by atoms with Crippen LogP contribution in [0.2, 0.25) is 5.04 Å². The number of ether oxygens (including phenoxy) is 3. The van der Waals surface area contributed by atoms with Gasteiger partial charge in [0.05, 0.1) is 18.1 Å². The quantitative estimate of drug-likeness (QED) is 0.225. The molecule has 8 heteroatoms. The smallest absolute Gasteiger partial charge is 0.338 e. The van der Waals surface area contributed by atoms with Crippen molar-refractivity contribution in [1.29, 1.82) is 0 Å². The Morgan fingerprint density at radius 3 is 1.74 bits per heavy atom. The second-order valence-corrected chi connectivity index (χ2v) is 16.5. The van der Waals surface area contributed by atoms with E-state index < -0.39 is 50.8 Å². The summed E-state index contributed by atoms with van der Waals surface area (Å²) in [5.41, 5.74) is 0.396. The topological polar surface area (TPSA) is 88.1 Å². The van der Waals surface area contributed by atoms with Crippen molar-refractivity contribution in [2.75, 3.05) is 0 Å². The van der Waals surface area contributed by atoms with Gasteiger partial charge in [-0.2, -0.15) is 0 Å². The van der Waals surface area contributed by atoms with E-state index in [0.29, 0.717) is 5.56 Å². The molecular weight excluding hydrogens is 560 g/mol. The number of hydrogen-bond donors (Lipinski definition) is 0. The maximum atomic E-state index is 13.4. The molecule has 2 unspecified atom stereocenters. The van der Waals surface area contributed by atoms with Gasteiger partial charge in [-0.1, -0.05) is 107 Å². The summed E-state index contributed by atoms with van der Waals surface area (Å²) in [6.45, 7) is 11.6. The Labute approximate surface area is 255 Å². The van der Waals surface area contributed by atoms with E-state index in [1.54, 1.807) is 24.3 Å². The van der Waals surface area contributed by atoms with E-state index in [1.807, 2.05) is 56.3 Å². The van der Waals surface area contributed by atoms with Crippen molar-refractivity contribution < 1.29 is 33.0 Å². The average Bonchev–Trinajstić information content (AvgIpc) is 2.99. The lowest BCUT2D eigenvalue weighted by Gasteiger charge is -2.50. The zero-order chi connectivity index (χ0) is 31.2. The molecule has 1 heterocycles. The first-order valence-corrected chi connectivity index (χ1v) is 16.7. The van der Waals surface area contributed by atoms with Crippen molar-refractivity contribution in [1.82, 2.24) is 0 Å². The molecule has 1 aliphatic heterocycles. The van der Waals surface area contributed by atoms with Crippen molar-refractivity contribution in [3.63, 3.8) is 0 Å². The second-order valence-electron chi connectivity index (χ2n) is 12.2. The van der Waals surface area contributed by atoms with Crippen LogP contribution in [0.1, 0.15) is 64.7 Å². The molecule has 4 rings (SSSR count). The Bertz CT molecular complexity index is 1330. The summed E-state index contributed by atoms with van der Waals surface area (Å²) in [6, 6.07) is 29.1. The Kier molecular flexibility index (Phi) is 10.4. The zero-order valence-electron chi connectivity index (χ0n) is 25.8. The molecule has 0 aliphatic carbocycles. The van der Waals surface area contributed by atoms with Crippen LogP contribution < -0.4 is 10.4 Å². The molecule has 0 radical (unpaired) electrons. The monoisotopic (exact) mass is 602 g/mol. The van der Waals surface area contributed by atoms with Crippen molar-refractivity contribution in [3.8, 4) is 0 Å². The molecule has 0 amide bonds. The van der Waals surface area contributed by atoms with Crippen molar-refractivity contribution in [2.24, 2.45) is 5.92 Å². The number of esters is 2. The minimum absolute atomic E-state index is 0.0261. The van der Waals surface area contributed by atoms with Crippen LogP contribution in [-0.4, -0.2) is 50.6 Å². The highest BCUT2D eigenvalue weighted by atomic mass is 28.4. The van der Waals surface area contributed by atoms with Gasteiger partial charge in [-0.3, -0.25) is 4.79 Å². The van der Waals surface area contributed by atoms with Crippen LogP contribution in [0.15, 0.2) is 91.0 Å². The van der Waals surface area contributed by atoms with E-state index >= 15 is 0 Å². The Hall–Kier alpha value is -3.59. The first-order valence-electron chi connectivity index (χ1n) is 14.8. The molecule has 43 heavy (non-hydrogen) atoms. The molecule has 0 saturated carbocycles. The van der Waals surface area contributed by atoms with Gasteiger partial charge in [-0.05, 0) is 41.4 Å². The van der Waals surface area contributed by atoms with Crippen molar-refractivity contribution in [2.45, 2.75) is 84.0 Å². The highest BCUT2D eigenvalue weighted by molar-refractivity contribution is 6.99. The molecule has 1 aliphatic rings. The SMILES string of the molecule is CC(=O)CCC(=O)O[C@H]1C(C)O[C@@H](O[Si](c2ccccc2)(c2ccccc2)C(C)(C)C)C(OC(=O)c2ccccc2)[C@H]1C. The summed E-state index contributed by atoms with van der Waals surface area (Å²) < 4.78 is 25.8. The fraction of sp³-hybridized carbons (Fsp3) is 0.400. The molecule has 3 aromatic rings. The lowest BCUT2D eigenvalue weighted by molar-refractivity contribution is -0.258. The average molecular weight is 603 g/mol. The number of benzene rings is 3. The maximum Gasteiger partial charge on any atom is 0.338 e. The van der Waals surface area contributed by atoms with Gasteiger partial charge >= 0.3 is 11.9 Å². The van der Waals surface area contributed by atoms with Crippen LogP contribution in [-0.2, 0) is 28.2 Å². The van der Waals surface area contributed by atoms with Gasteiger partial charge in [0, 0.05) is 12.3 Å². The largest absolute Gasteiger partial charge is 0.459 e. The molecule has 0 aromatic heterocycles. The van der Waals surface area contributed by atoms with E-state index in [1.165, 1.54) is 6.92 Å². The van der Waals surface area contributed by atoms with Crippen molar-refractivity contribution >= 4 is 36.4 Å². The lowest BCUT2D eigenvalue weighted by Crippen LogP contribution is -2.70. The van der Waals surface area contributed by atoms with Crippen LogP contribution in [0, 0.1) is 5.92 Å². The highest BCUT2D eigenvalue weighted by Crippen LogP contribution is 2.41. The molecule has 0 N–H and O–H groups in total. The van der Waals surface area contributed by atoms with Gasteiger partial charge in [-0.15, -0.1) is 0 Å². The van der Waals surface area contributed by atoms with Crippen molar-refractivity contribution in [3.05, 3.63) is 96.6 Å². The third-order valence-electron chi connectivity index (χ3n) is 8.03. The molecule has 0 spiro atoms. The zero-order valence-corrected chi connectivity index (χ0v) is 26.8. The van der Waals surface area contributed by atoms with Gasteiger partial charge in [0.1, 0.15) is 11.9 Å². The number of carbonyl (C=O) groups is 3. The predicted octanol–water partition coefficient (Wildman–Crippen LogP) is 5.45. The summed E-state index contributed by atoms with van der Waals surface area (Å²) in [5.74, 6) is -1.58. The van der Waals surface area contributed by atoms with E-state index in [-0.39, 0.29) is 23.7 Å². The first-order chi connectivity index (χ1) is 20.4. The van der Waals surface area contributed by atoms with E-state index in [2.05, 4.69) is 45.0 Å². The molecule has 1 fully saturated rings. The minimum atomic E-state index is -3.11. The molecular formula is C35H42O7Si. The summed E-state index contributed by atoms with van der Waals surface area (Å²) in [4.78, 5) is 37.6. The van der Waals surface area contributed by atoms with Gasteiger partial charge in [-0.25, -0.2) is 4.79 Å². The van der Waals surface area contributed by atoms with Crippen LogP contribution >= 0.6 is 0 Å². The van der Waals surface area contributed by atoms with Crippen LogP contribution in [0.25, 0.3) is 0 Å². The van der Waals surface area contributed by atoms with Gasteiger partial charge in [0.15, 0.2) is 12.4 Å². The molecule has 228 valence electrons. The number of hydrogen-bond acceptors (Lipinski definition) is 7. The number of ketones is 1. The lowest BCUT2D eigenvalue weighted by atomic mass is 9.90. The normalized spacial score (nSPS) is 22.4. The summed E-state index contributed by atoms with van der Waals surface area (Å²) in [5, 5.41) is 1.77. The van der Waals surface area contributed by atoms with Crippen LogP contribution in [0.5, 0.6) is 0 Å². The van der Waals surface area contributed by atoms with Crippen LogP contribution in [0.3, 0.4) is 0 Å². The molecule has 5 atom stereocenters. The number of rotatable bonds is 10. The molecule has 3 aromatic carbocycles. The van der Waals surface area contributed by atoms with Gasteiger partial charge < -0.3 is 23.4 Å². The van der Waals surface area contributed by atoms with Gasteiger partial charge in [0.25, 0.3) is 8.32 Å². The maximum absolute atomic E-state index is 13.4. The minimum Gasteiger partial charge on any atom is -0.459 e. The summed E-state index contributed by atoms with van der Waals surface area (Å²) in [7, 11) is -3.11.